The van der Waals surface area contributed by atoms with E-state index in [4.69, 9.17) is 4.74 Å². The van der Waals surface area contributed by atoms with Crippen molar-refractivity contribution in [2.45, 2.75) is 11.3 Å². The van der Waals surface area contributed by atoms with Gasteiger partial charge in [-0.3, -0.25) is 4.79 Å². The lowest BCUT2D eigenvalue weighted by Crippen LogP contribution is -2.04. The minimum absolute atomic E-state index is 0.0261. The average Bonchev–Trinajstić information content (AvgIpc) is 2.88. The van der Waals surface area contributed by atoms with Gasteiger partial charge in [-0.25, -0.2) is 4.98 Å². The van der Waals surface area contributed by atoms with Crippen molar-refractivity contribution < 1.29 is 9.53 Å². The number of thiazole rings is 1. The van der Waals surface area contributed by atoms with Crippen LogP contribution >= 0.6 is 23.1 Å². The van der Waals surface area contributed by atoms with Gasteiger partial charge in [0.1, 0.15) is 10.1 Å². The fourth-order valence-corrected chi connectivity index (χ4v) is 2.97. The standard InChI is InChI=1S/C13H13NO2S2/c1-10(15)11-4-2-3-5-12(11)16-7-9-18-13-14-6-8-17-13/h2-6,8H,7,9H2,1H3. The van der Waals surface area contributed by atoms with Crippen molar-refractivity contribution >= 4 is 28.9 Å². The lowest BCUT2D eigenvalue weighted by atomic mass is 10.1. The van der Waals surface area contributed by atoms with Gasteiger partial charge >= 0.3 is 0 Å². The molecule has 94 valence electrons. The molecule has 1 heterocycles. The van der Waals surface area contributed by atoms with Crippen molar-refractivity contribution in [1.82, 2.24) is 4.98 Å². The maximum atomic E-state index is 11.4. The van der Waals surface area contributed by atoms with Crippen LogP contribution in [0.5, 0.6) is 5.75 Å². The second-order valence-corrected chi connectivity index (χ2v) is 5.78. The zero-order chi connectivity index (χ0) is 12.8. The molecule has 2 rings (SSSR count). The lowest BCUT2D eigenvalue weighted by molar-refractivity contribution is 0.101. The van der Waals surface area contributed by atoms with E-state index in [1.54, 1.807) is 42.3 Å². The third-order valence-corrected chi connectivity index (χ3v) is 4.17. The highest BCUT2D eigenvalue weighted by Crippen LogP contribution is 2.22. The van der Waals surface area contributed by atoms with Crippen molar-refractivity contribution in [1.29, 1.82) is 0 Å². The minimum atomic E-state index is 0.0261. The molecule has 0 aliphatic carbocycles. The number of hydrogen-bond donors (Lipinski definition) is 0. The van der Waals surface area contributed by atoms with E-state index < -0.39 is 0 Å². The molecule has 0 N–H and O–H groups in total. The summed E-state index contributed by atoms with van der Waals surface area (Å²) in [5, 5.41) is 1.95. The molecule has 0 bridgehead atoms. The van der Waals surface area contributed by atoms with Crippen LogP contribution in [-0.2, 0) is 0 Å². The Balaban J connectivity index is 1.85. The first-order valence-corrected chi connectivity index (χ1v) is 7.39. The highest BCUT2D eigenvalue weighted by atomic mass is 32.2. The third-order valence-electron chi connectivity index (χ3n) is 2.24. The summed E-state index contributed by atoms with van der Waals surface area (Å²) in [6.45, 7) is 2.11. The first kappa shape index (κ1) is 13.1. The topological polar surface area (TPSA) is 39.2 Å². The summed E-state index contributed by atoms with van der Waals surface area (Å²) < 4.78 is 6.67. The number of ketones is 1. The Morgan fingerprint density at radius 2 is 2.28 bits per heavy atom. The van der Waals surface area contributed by atoms with Gasteiger partial charge in [-0.2, -0.15) is 0 Å². The van der Waals surface area contributed by atoms with Crippen LogP contribution in [0.1, 0.15) is 17.3 Å². The molecule has 5 heteroatoms. The van der Waals surface area contributed by atoms with Gasteiger partial charge in [0, 0.05) is 17.3 Å². The monoisotopic (exact) mass is 279 g/mol. The van der Waals surface area contributed by atoms with Gasteiger partial charge in [-0.15, -0.1) is 11.3 Å². The molecule has 1 aromatic carbocycles. The summed E-state index contributed by atoms with van der Waals surface area (Å²) in [7, 11) is 0. The number of thioether (sulfide) groups is 1. The summed E-state index contributed by atoms with van der Waals surface area (Å²) in [5.41, 5.74) is 0.636. The van der Waals surface area contributed by atoms with Crippen LogP contribution in [0.2, 0.25) is 0 Å². The number of benzene rings is 1. The molecule has 0 radical (unpaired) electrons. The Labute approximate surface area is 114 Å². The quantitative estimate of drug-likeness (QED) is 0.461. The molecule has 18 heavy (non-hydrogen) atoms. The summed E-state index contributed by atoms with van der Waals surface area (Å²) in [6.07, 6.45) is 1.79. The number of hydrogen-bond acceptors (Lipinski definition) is 5. The zero-order valence-electron chi connectivity index (χ0n) is 9.96. The molecule has 0 aliphatic rings. The molecular weight excluding hydrogens is 266 g/mol. The van der Waals surface area contributed by atoms with E-state index in [0.717, 1.165) is 10.1 Å². The Bertz CT molecular complexity index is 511. The maximum Gasteiger partial charge on any atom is 0.163 e. The van der Waals surface area contributed by atoms with Crippen LogP contribution in [0.15, 0.2) is 40.2 Å². The molecule has 0 fully saturated rings. The molecule has 0 saturated heterocycles. The number of carbonyl (C=O) groups excluding carboxylic acids is 1. The molecular formula is C13H13NO2S2. The van der Waals surface area contributed by atoms with Gasteiger partial charge in [-0.05, 0) is 19.1 Å². The van der Waals surface area contributed by atoms with Gasteiger partial charge in [0.15, 0.2) is 5.78 Å². The van der Waals surface area contributed by atoms with E-state index in [2.05, 4.69) is 4.98 Å². The van der Waals surface area contributed by atoms with Crippen molar-refractivity contribution in [3.63, 3.8) is 0 Å². The third kappa shape index (κ3) is 3.58. The van der Waals surface area contributed by atoms with Crippen molar-refractivity contribution in [2.24, 2.45) is 0 Å². The van der Waals surface area contributed by atoms with Crippen LogP contribution in [0.3, 0.4) is 0 Å². The predicted octanol–water partition coefficient (Wildman–Crippen LogP) is 3.52. The van der Waals surface area contributed by atoms with Gasteiger partial charge in [0.05, 0.1) is 12.2 Å². The second kappa shape index (κ2) is 6.56. The number of nitrogens with zero attached hydrogens (tertiary/aromatic N) is 1. The smallest absolute Gasteiger partial charge is 0.163 e. The fourth-order valence-electron chi connectivity index (χ4n) is 1.45. The Morgan fingerprint density at radius 3 is 3.00 bits per heavy atom. The zero-order valence-corrected chi connectivity index (χ0v) is 11.6. The summed E-state index contributed by atoms with van der Waals surface area (Å²) in [5.74, 6) is 1.50. The number of carbonyl (C=O) groups is 1. The Hall–Kier alpha value is -1.33. The molecule has 0 amide bonds. The largest absolute Gasteiger partial charge is 0.492 e. The average molecular weight is 279 g/mol. The van der Waals surface area contributed by atoms with Gasteiger partial charge in [-0.1, -0.05) is 23.9 Å². The molecule has 0 aliphatic heterocycles. The van der Waals surface area contributed by atoms with E-state index in [-0.39, 0.29) is 5.78 Å². The van der Waals surface area contributed by atoms with Crippen LogP contribution in [0.4, 0.5) is 0 Å². The van der Waals surface area contributed by atoms with Gasteiger partial charge in [0.2, 0.25) is 0 Å². The SMILES string of the molecule is CC(=O)c1ccccc1OCCSc1nccs1. The lowest BCUT2D eigenvalue weighted by Gasteiger charge is -2.08. The van der Waals surface area contributed by atoms with E-state index in [9.17, 15) is 4.79 Å². The molecule has 3 nitrogen and oxygen atoms in total. The van der Waals surface area contributed by atoms with Crippen LogP contribution in [0, 0.1) is 0 Å². The molecule has 0 atom stereocenters. The number of ether oxygens (including phenoxy) is 1. The first-order valence-electron chi connectivity index (χ1n) is 5.52. The van der Waals surface area contributed by atoms with Gasteiger partial charge in [0.25, 0.3) is 0 Å². The summed E-state index contributed by atoms with van der Waals surface area (Å²) in [4.78, 5) is 15.6. The highest BCUT2D eigenvalue weighted by Gasteiger charge is 2.07. The van der Waals surface area contributed by atoms with Crippen LogP contribution in [-0.4, -0.2) is 23.1 Å². The number of para-hydroxylation sites is 1. The first-order chi connectivity index (χ1) is 8.77. The molecule has 0 unspecified atom stereocenters. The Morgan fingerprint density at radius 1 is 1.44 bits per heavy atom. The van der Waals surface area contributed by atoms with Gasteiger partial charge < -0.3 is 4.74 Å². The second-order valence-electron chi connectivity index (χ2n) is 3.55. The molecule has 0 spiro atoms. The van der Waals surface area contributed by atoms with Crippen LogP contribution in [0.25, 0.3) is 0 Å². The van der Waals surface area contributed by atoms with Crippen LogP contribution < -0.4 is 4.74 Å². The fraction of sp³-hybridized carbons (Fsp3) is 0.231. The predicted molar refractivity (Wildman–Crippen MR) is 74.8 cm³/mol. The van der Waals surface area contributed by atoms with Crippen molar-refractivity contribution in [3.8, 4) is 5.75 Å². The number of rotatable bonds is 6. The highest BCUT2D eigenvalue weighted by molar-refractivity contribution is 8.01. The molecule has 2 aromatic rings. The number of Topliss-reactive ketones (excluding diaryl/α,β-unsaturated/α-hetero) is 1. The molecule has 0 saturated carbocycles. The summed E-state index contributed by atoms with van der Waals surface area (Å²) in [6, 6.07) is 7.32. The number of aromatic nitrogens is 1. The minimum Gasteiger partial charge on any atom is -0.492 e. The normalized spacial score (nSPS) is 10.3. The van der Waals surface area contributed by atoms with Crippen molar-refractivity contribution in [2.75, 3.05) is 12.4 Å². The van der Waals surface area contributed by atoms with E-state index >= 15 is 0 Å². The van der Waals surface area contributed by atoms with E-state index in [1.165, 1.54) is 0 Å². The maximum absolute atomic E-state index is 11.4. The molecule has 1 aromatic heterocycles. The van der Waals surface area contributed by atoms with E-state index in [0.29, 0.717) is 17.9 Å². The van der Waals surface area contributed by atoms with E-state index in [1.807, 2.05) is 23.6 Å². The van der Waals surface area contributed by atoms with Crippen molar-refractivity contribution in [3.05, 3.63) is 41.4 Å². The summed E-state index contributed by atoms with van der Waals surface area (Å²) >= 11 is 3.28. The Kier molecular flexibility index (Phi) is 4.78.